The average Bonchev–Trinajstić information content (AvgIpc) is 2.60. The topological polar surface area (TPSA) is 26.3 Å². The molecule has 2 nitrogen and oxygen atoms in total. The van der Waals surface area contributed by atoms with Gasteiger partial charge in [0, 0.05) is 12.1 Å². The van der Waals surface area contributed by atoms with Crippen LogP contribution in [-0.4, -0.2) is 0 Å². The molecule has 0 aliphatic rings. The Balaban J connectivity index is 2.14. The second-order valence-electron chi connectivity index (χ2n) is 1.93. The number of hydrogen-bond acceptors (Lipinski definition) is 2. The van der Waals surface area contributed by atoms with Crippen molar-refractivity contribution in [3.63, 3.8) is 0 Å². The van der Waals surface area contributed by atoms with Gasteiger partial charge in [-0.1, -0.05) is 0 Å². The van der Waals surface area contributed by atoms with Crippen molar-refractivity contribution >= 4 is 0 Å². The van der Waals surface area contributed by atoms with Crippen LogP contribution in [-0.2, 0) is 0 Å². The van der Waals surface area contributed by atoms with E-state index in [1.807, 2.05) is 24.3 Å². The number of hydrogen-bond donors (Lipinski definition) is 0. The Bertz CT molecular complexity index is 264. The molecule has 2 heterocycles. The fourth-order valence-corrected chi connectivity index (χ4v) is 2.56. The van der Waals surface area contributed by atoms with Crippen molar-refractivity contribution in [1.82, 2.24) is 0 Å². The van der Waals surface area contributed by atoms with Crippen LogP contribution in [0.2, 0.25) is 0 Å². The van der Waals surface area contributed by atoms with Crippen LogP contribution < -0.4 is 21.2 Å². The molecule has 11 heavy (non-hydrogen) atoms. The molecule has 0 aliphatic heterocycles. The van der Waals surface area contributed by atoms with Gasteiger partial charge in [-0.2, -0.15) is 0 Å². The second-order valence-corrected chi connectivity index (χ2v) is 4.59. The third-order valence-electron chi connectivity index (χ3n) is 1.16. The first-order chi connectivity index (χ1) is 5.45. The Morgan fingerprint density at radius 2 is 1.45 bits per heavy atom. The zero-order chi connectivity index (χ0) is 7.52. The van der Waals surface area contributed by atoms with Gasteiger partial charge in [0.1, 0.15) is 0 Å². The lowest BCUT2D eigenvalue weighted by molar-refractivity contribution is -0.636. The highest BCUT2D eigenvalue weighted by Gasteiger charge is 2.21. The van der Waals surface area contributed by atoms with Crippen LogP contribution in [0.1, 0.15) is 0 Å². The number of halogens is 1. The molecular formula is C8H6IO2+. The minimum Gasteiger partial charge on any atom is -0.427 e. The molecule has 2 rings (SSSR count). The summed E-state index contributed by atoms with van der Waals surface area (Å²) in [6.45, 7) is 0. The minimum absolute atomic E-state index is 0.229. The quantitative estimate of drug-likeness (QED) is 0.648. The highest BCUT2D eigenvalue weighted by molar-refractivity contribution is 4.83. The predicted octanol–water partition coefficient (Wildman–Crippen LogP) is -0.999. The van der Waals surface area contributed by atoms with Gasteiger partial charge >= 0.3 is 28.7 Å². The molecule has 0 aliphatic carbocycles. The summed E-state index contributed by atoms with van der Waals surface area (Å²) in [7, 11) is 0. The summed E-state index contributed by atoms with van der Waals surface area (Å²) >= 11 is -0.229. The fourth-order valence-electron chi connectivity index (χ4n) is 0.716. The van der Waals surface area contributed by atoms with Crippen molar-refractivity contribution in [3.05, 3.63) is 44.3 Å². The molecule has 0 radical (unpaired) electrons. The highest BCUT2D eigenvalue weighted by Crippen LogP contribution is 1.86. The summed E-state index contributed by atoms with van der Waals surface area (Å²) in [5.74, 6) is 0. The van der Waals surface area contributed by atoms with Gasteiger partial charge in [-0.05, 0) is 12.1 Å². The van der Waals surface area contributed by atoms with Gasteiger partial charge in [0.15, 0.2) is 0 Å². The number of rotatable bonds is 2. The van der Waals surface area contributed by atoms with Crippen molar-refractivity contribution in [3.8, 4) is 0 Å². The summed E-state index contributed by atoms with van der Waals surface area (Å²) < 4.78 is 12.5. The highest BCUT2D eigenvalue weighted by atomic mass is 127. The molecule has 56 valence electrons. The predicted molar refractivity (Wildman–Crippen MR) is 34.8 cm³/mol. The molecule has 0 N–H and O–H groups in total. The molecule has 0 saturated heterocycles. The van der Waals surface area contributed by atoms with Gasteiger partial charge in [-0.3, -0.25) is 0 Å². The first kappa shape index (κ1) is 6.97. The van der Waals surface area contributed by atoms with E-state index in [1.54, 1.807) is 12.5 Å². The van der Waals surface area contributed by atoms with Crippen LogP contribution in [0.5, 0.6) is 0 Å². The summed E-state index contributed by atoms with van der Waals surface area (Å²) in [4.78, 5) is 0. The van der Waals surface area contributed by atoms with Crippen LogP contribution in [0.4, 0.5) is 0 Å². The molecule has 0 amide bonds. The lowest BCUT2D eigenvalue weighted by Crippen LogP contribution is -3.61. The van der Waals surface area contributed by atoms with E-state index in [2.05, 4.69) is 0 Å². The lowest BCUT2D eigenvalue weighted by atomic mass is 10.7. The molecule has 0 unspecified atom stereocenters. The van der Waals surface area contributed by atoms with Crippen LogP contribution in [0.15, 0.2) is 45.6 Å². The molecule has 0 spiro atoms. The third-order valence-corrected chi connectivity index (χ3v) is 3.45. The number of furan rings is 2. The van der Waals surface area contributed by atoms with Crippen molar-refractivity contribution in [1.29, 1.82) is 0 Å². The van der Waals surface area contributed by atoms with E-state index in [4.69, 9.17) is 8.83 Å². The Morgan fingerprint density at radius 3 is 1.82 bits per heavy atom. The standard InChI is InChI=1S/C8H6IO2/c1-3-7(10-5-1)9-8-4-2-6-11-8/h1-6H/q+1. The maximum atomic E-state index is 5.20. The maximum Gasteiger partial charge on any atom is 0.442 e. The Morgan fingerprint density at radius 1 is 0.909 bits per heavy atom. The molecular weight excluding hydrogens is 255 g/mol. The van der Waals surface area contributed by atoms with Crippen LogP contribution in [0, 0.1) is 7.53 Å². The van der Waals surface area contributed by atoms with E-state index < -0.39 is 0 Å². The van der Waals surface area contributed by atoms with Crippen molar-refractivity contribution in [2.24, 2.45) is 0 Å². The van der Waals surface area contributed by atoms with Gasteiger partial charge in [0.25, 0.3) is 0 Å². The van der Waals surface area contributed by atoms with Gasteiger partial charge in [0.05, 0.1) is 12.5 Å². The van der Waals surface area contributed by atoms with E-state index in [0.717, 1.165) is 7.53 Å². The third kappa shape index (κ3) is 1.65. The second kappa shape index (κ2) is 3.13. The minimum atomic E-state index is -0.229. The van der Waals surface area contributed by atoms with E-state index in [0.29, 0.717) is 0 Å². The first-order valence-corrected chi connectivity index (χ1v) is 5.33. The van der Waals surface area contributed by atoms with Crippen molar-refractivity contribution in [2.75, 3.05) is 0 Å². The van der Waals surface area contributed by atoms with Crippen molar-refractivity contribution < 1.29 is 30.0 Å². The summed E-state index contributed by atoms with van der Waals surface area (Å²) in [6, 6.07) is 7.77. The van der Waals surface area contributed by atoms with Crippen LogP contribution >= 0.6 is 0 Å². The summed E-state index contributed by atoms with van der Waals surface area (Å²) in [6.07, 6.45) is 3.38. The Labute approximate surface area is 74.5 Å². The van der Waals surface area contributed by atoms with Crippen LogP contribution in [0.25, 0.3) is 0 Å². The van der Waals surface area contributed by atoms with Crippen LogP contribution in [0.3, 0.4) is 0 Å². The van der Waals surface area contributed by atoms with E-state index in [1.165, 1.54) is 0 Å². The van der Waals surface area contributed by atoms with E-state index in [9.17, 15) is 0 Å². The molecule has 3 heteroatoms. The maximum absolute atomic E-state index is 5.20. The SMILES string of the molecule is c1coc([I+]c2ccco2)c1. The van der Waals surface area contributed by atoms with Gasteiger partial charge in [0.2, 0.25) is 0 Å². The summed E-state index contributed by atoms with van der Waals surface area (Å²) in [5.41, 5.74) is 0. The first-order valence-electron chi connectivity index (χ1n) is 3.17. The van der Waals surface area contributed by atoms with E-state index in [-0.39, 0.29) is 21.2 Å². The molecule has 0 saturated carbocycles. The van der Waals surface area contributed by atoms with Gasteiger partial charge in [-0.25, -0.2) is 0 Å². The molecule has 0 atom stereocenters. The van der Waals surface area contributed by atoms with Gasteiger partial charge in [-0.15, -0.1) is 0 Å². The Hall–Kier alpha value is -0.710. The summed E-state index contributed by atoms with van der Waals surface area (Å²) in [5, 5.41) is 0. The molecule has 0 fully saturated rings. The van der Waals surface area contributed by atoms with E-state index >= 15 is 0 Å². The fraction of sp³-hybridized carbons (Fsp3) is 0. The Kier molecular flexibility index (Phi) is 1.98. The molecule has 0 aromatic carbocycles. The van der Waals surface area contributed by atoms with Gasteiger partial charge < -0.3 is 8.83 Å². The molecule has 2 aromatic heterocycles. The lowest BCUT2D eigenvalue weighted by Gasteiger charge is -1.70. The largest absolute Gasteiger partial charge is 0.442 e. The zero-order valence-electron chi connectivity index (χ0n) is 5.66. The average molecular weight is 261 g/mol. The normalized spacial score (nSPS) is 10.2. The molecule has 0 bridgehead atoms. The zero-order valence-corrected chi connectivity index (χ0v) is 7.82. The smallest absolute Gasteiger partial charge is 0.427 e. The van der Waals surface area contributed by atoms with Crippen molar-refractivity contribution in [2.45, 2.75) is 0 Å². The molecule has 2 aromatic rings. The monoisotopic (exact) mass is 261 g/mol.